The van der Waals surface area contributed by atoms with Gasteiger partial charge in [0.2, 0.25) is 11.8 Å². The highest BCUT2D eigenvalue weighted by Crippen LogP contribution is 2.37. The molecule has 0 amide bonds. The maximum Gasteiger partial charge on any atom is 0.248 e. The normalized spacial score (nSPS) is 17.8. The van der Waals surface area contributed by atoms with Crippen LogP contribution in [0.15, 0.2) is 39.4 Å². The first kappa shape index (κ1) is 18.0. The highest BCUT2D eigenvalue weighted by atomic mass is 32.1. The first-order valence-electron chi connectivity index (χ1n) is 9.10. The molecular formula is C20H23N3O3S. The number of ether oxygens (including phenoxy) is 2. The summed E-state index contributed by atoms with van der Waals surface area (Å²) in [5.74, 6) is 2.82. The monoisotopic (exact) mass is 385 g/mol. The second kappa shape index (κ2) is 8.10. The SMILES string of the molecule is COc1cccc(CN2CCCC[C@H]2c2nnc(-c3ccsc3)o2)c1OC. The molecular weight excluding hydrogens is 362 g/mol. The summed E-state index contributed by atoms with van der Waals surface area (Å²) in [4.78, 5) is 2.39. The standard InChI is InChI=1S/C20H23N3O3S/c1-24-17-8-5-6-14(18(17)25-2)12-23-10-4-3-7-16(23)20-22-21-19(26-20)15-9-11-27-13-15/h5-6,8-9,11,13,16H,3-4,7,10,12H2,1-2H3/t16-/m0/s1. The van der Waals surface area contributed by atoms with Crippen molar-refractivity contribution in [3.63, 3.8) is 0 Å². The minimum absolute atomic E-state index is 0.120. The van der Waals surface area contributed by atoms with E-state index >= 15 is 0 Å². The topological polar surface area (TPSA) is 60.6 Å². The van der Waals surface area contributed by atoms with Gasteiger partial charge in [-0.05, 0) is 36.9 Å². The van der Waals surface area contributed by atoms with Crippen molar-refractivity contribution in [2.24, 2.45) is 0 Å². The van der Waals surface area contributed by atoms with Crippen LogP contribution in [-0.4, -0.2) is 35.9 Å². The fourth-order valence-corrected chi connectivity index (χ4v) is 4.26. The number of rotatable bonds is 6. The molecule has 3 aromatic rings. The summed E-state index contributed by atoms with van der Waals surface area (Å²) in [6.45, 7) is 1.74. The van der Waals surface area contributed by atoms with Crippen LogP contribution < -0.4 is 9.47 Å². The van der Waals surface area contributed by atoms with Gasteiger partial charge < -0.3 is 13.9 Å². The molecule has 1 aliphatic rings. The van der Waals surface area contributed by atoms with E-state index in [0.717, 1.165) is 55.0 Å². The van der Waals surface area contributed by atoms with Crippen LogP contribution in [0.5, 0.6) is 11.5 Å². The summed E-state index contributed by atoms with van der Waals surface area (Å²) in [7, 11) is 3.34. The fourth-order valence-electron chi connectivity index (χ4n) is 3.63. The molecule has 1 fully saturated rings. The molecule has 27 heavy (non-hydrogen) atoms. The van der Waals surface area contributed by atoms with Crippen molar-refractivity contribution < 1.29 is 13.9 Å². The van der Waals surface area contributed by atoms with Crippen LogP contribution in [0.25, 0.3) is 11.5 Å². The van der Waals surface area contributed by atoms with E-state index < -0.39 is 0 Å². The summed E-state index contributed by atoms with van der Waals surface area (Å²) in [6, 6.07) is 8.12. The number of hydrogen-bond donors (Lipinski definition) is 0. The van der Waals surface area contributed by atoms with E-state index in [-0.39, 0.29) is 6.04 Å². The number of benzene rings is 1. The lowest BCUT2D eigenvalue weighted by Crippen LogP contribution is -2.33. The molecule has 0 spiro atoms. The van der Waals surface area contributed by atoms with E-state index in [1.165, 1.54) is 0 Å². The molecule has 7 heteroatoms. The van der Waals surface area contributed by atoms with Crippen molar-refractivity contribution in [2.45, 2.75) is 31.8 Å². The van der Waals surface area contributed by atoms with E-state index in [0.29, 0.717) is 11.8 Å². The molecule has 0 N–H and O–H groups in total. The van der Waals surface area contributed by atoms with Crippen molar-refractivity contribution in [3.05, 3.63) is 46.5 Å². The molecule has 6 nitrogen and oxygen atoms in total. The van der Waals surface area contributed by atoms with Gasteiger partial charge in [0.25, 0.3) is 0 Å². The molecule has 0 radical (unpaired) electrons. The van der Waals surface area contributed by atoms with Crippen molar-refractivity contribution in [2.75, 3.05) is 20.8 Å². The molecule has 0 bridgehead atoms. The fraction of sp³-hybridized carbons (Fsp3) is 0.400. The van der Waals surface area contributed by atoms with Crippen molar-refractivity contribution in [1.82, 2.24) is 15.1 Å². The Labute approximate surface area is 162 Å². The largest absolute Gasteiger partial charge is 0.493 e. The highest BCUT2D eigenvalue weighted by molar-refractivity contribution is 7.08. The van der Waals surface area contributed by atoms with E-state index in [1.54, 1.807) is 25.6 Å². The van der Waals surface area contributed by atoms with Crippen LogP contribution in [0.2, 0.25) is 0 Å². The van der Waals surface area contributed by atoms with Gasteiger partial charge >= 0.3 is 0 Å². The number of piperidine rings is 1. The molecule has 1 atom stereocenters. The lowest BCUT2D eigenvalue weighted by molar-refractivity contribution is 0.117. The van der Waals surface area contributed by atoms with Gasteiger partial charge in [0.15, 0.2) is 11.5 Å². The lowest BCUT2D eigenvalue weighted by Gasteiger charge is -2.33. The Morgan fingerprint density at radius 2 is 2.11 bits per heavy atom. The van der Waals surface area contributed by atoms with Crippen molar-refractivity contribution in [1.29, 1.82) is 0 Å². The first-order valence-corrected chi connectivity index (χ1v) is 10.0. The maximum atomic E-state index is 6.02. The molecule has 1 saturated heterocycles. The average Bonchev–Trinajstić information content (AvgIpc) is 3.40. The molecule has 1 aromatic carbocycles. The van der Waals surface area contributed by atoms with Crippen molar-refractivity contribution in [3.8, 4) is 23.0 Å². The number of aromatic nitrogens is 2. The molecule has 1 aliphatic heterocycles. The number of likely N-dealkylation sites (tertiary alicyclic amines) is 1. The van der Waals surface area contributed by atoms with E-state index in [9.17, 15) is 0 Å². The molecule has 4 rings (SSSR count). The molecule has 0 aliphatic carbocycles. The third kappa shape index (κ3) is 3.70. The van der Waals surface area contributed by atoms with E-state index in [2.05, 4.69) is 21.2 Å². The van der Waals surface area contributed by atoms with Gasteiger partial charge in [-0.25, -0.2) is 0 Å². The first-order chi connectivity index (χ1) is 13.3. The van der Waals surface area contributed by atoms with E-state index in [1.807, 2.05) is 29.0 Å². The Morgan fingerprint density at radius 1 is 1.19 bits per heavy atom. The predicted molar refractivity (Wildman–Crippen MR) is 104 cm³/mol. The lowest BCUT2D eigenvalue weighted by atomic mass is 10.0. The Bertz CT molecular complexity index is 878. The van der Waals surface area contributed by atoms with Gasteiger partial charge in [-0.15, -0.1) is 10.2 Å². The molecule has 0 saturated carbocycles. The third-order valence-corrected chi connectivity index (χ3v) is 5.65. The van der Waals surface area contributed by atoms with Gasteiger partial charge in [0.05, 0.1) is 20.3 Å². The summed E-state index contributed by atoms with van der Waals surface area (Å²) in [5.41, 5.74) is 2.08. The molecule has 0 unspecified atom stereocenters. The van der Waals surface area contributed by atoms with Crippen LogP contribution in [-0.2, 0) is 6.54 Å². The number of hydrogen-bond acceptors (Lipinski definition) is 7. The number of para-hydroxylation sites is 1. The second-order valence-electron chi connectivity index (χ2n) is 6.59. The Balaban J connectivity index is 1.59. The molecule has 2 aromatic heterocycles. The predicted octanol–water partition coefficient (Wildman–Crippen LogP) is 4.54. The van der Waals surface area contributed by atoms with E-state index in [4.69, 9.17) is 13.9 Å². The Hall–Kier alpha value is -2.38. The van der Waals surface area contributed by atoms with Crippen LogP contribution in [0.3, 0.4) is 0 Å². The zero-order chi connectivity index (χ0) is 18.6. The van der Waals surface area contributed by atoms with Gasteiger partial charge in [0.1, 0.15) is 0 Å². The summed E-state index contributed by atoms with van der Waals surface area (Å²) < 4.78 is 17.1. The summed E-state index contributed by atoms with van der Waals surface area (Å²) in [6.07, 6.45) is 3.33. The molecule has 142 valence electrons. The minimum atomic E-state index is 0.120. The molecule has 3 heterocycles. The van der Waals surface area contributed by atoms with Gasteiger partial charge in [0, 0.05) is 23.1 Å². The highest BCUT2D eigenvalue weighted by Gasteiger charge is 2.29. The van der Waals surface area contributed by atoms with Gasteiger partial charge in [-0.3, -0.25) is 4.90 Å². The summed E-state index contributed by atoms with van der Waals surface area (Å²) in [5, 5.41) is 12.6. The van der Waals surface area contributed by atoms with Gasteiger partial charge in [-0.2, -0.15) is 11.3 Å². The van der Waals surface area contributed by atoms with Crippen molar-refractivity contribution >= 4 is 11.3 Å². The van der Waals surface area contributed by atoms with Crippen LogP contribution in [0.4, 0.5) is 0 Å². The number of thiophene rings is 1. The van der Waals surface area contributed by atoms with Crippen LogP contribution >= 0.6 is 11.3 Å². The zero-order valence-corrected chi connectivity index (χ0v) is 16.4. The minimum Gasteiger partial charge on any atom is -0.493 e. The zero-order valence-electron chi connectivity index (χ0n) is 15.6. The van der Waals surface area contributed by atoms with Crippen LogP contribution in [0.1, 0.15) is 36.8 Å². The van der Waals surface area contributed by atoms with Gasteiger partial charge in [-0.1, -0.05) is 18.6 Å². The number of methoxy groups -OCH3 is 2. The summed E-state index contributed by atoms with van der Waals surface area (Å²) >= 11 is 1.63. The average molecular weight is 385 g/mol. The maximum absolute atomic E-state index is 6.02. The quantitative estimate of drug-likeness (QED) is 0.621. The number of nitrogens with zero attached hydrogens (tertiary/aromatic N) is 3. The smallest absolute Gasteiger partial charge is 0.248 e. The second-order valence-corrected chi connectivity index (χ2v) is 7.37. The van der Waals surface area contributed by atoms with Crippen LogP contribution in [0, 0.1) is 0 Å². The third-order valence-electron chi connectivity index (χ3n) is 4.97. The Morgan fingerprint density at radius 3 is 2.89 bits per heavy atom. The Kier molecular flexibility index (Phi) is 5.40.